The minimum absolute atomic E-state index is 0.0497. The topological polar surface area (TPSA) is 70.5 Å². The van der Waals surface area contributed by atoms with Gasteiger partial charge in [0.05, 0.1) is 5.41 Å². The first-order valence-electron chi connectivity index (χ1n) is 7.32. The number of aliphatic carboxylic acids is 1. The molecule has 0 aliphatic carbocycles. The van der Waals surface area contributed by atoms with Gasteiger partial charge in [0.2, 0.25) is 5.91 Å². The third-order valence-corrected chi connectivity index (χ3v) is 4.15. The Labute approximate surface area is 126 Å². The number of carbonyl (C=O) groups excluding carboxylic acids is 1. The van der Waals surface area contributed by atoms with Crippen LogP contribution in [0.2, 0.25) is 0 Å². The van der Waals surface area contributed by atoms with Crippen molar-refractivity contribution in [3.8, 4) is 0 Å². The zero-order chi connectivity index (χ0) is 15.9. The highest BCUT2D eigenvalue weighted by atomic mass is 16.4. The molecule has 0 unspecified atom stereocenters. The van der Waals surface area contributed by atoms with Gasteiger partial charge in [-0.3, -0.25) is 14.6 Å². The van der Waals surface area contributed by atoms with Crippen molar-refractivity contribution in [1.82, 2.24) is 9.88 Å². The zero-order valence-electron chi connectivity index (χ0n) is 13.0. The van der Waals surface area contributed by atoms with E-state index in [9.17, 15) is 14.7 Å². The number of amides is 1. The minimum Gasteiger partial charge on any atom is -0.481 e. The number of pyridine rings is 1. The molecule has 0 aliphatic rings. The van der Waals surface area contributed by atoms with Crippen molar-refractivity contribution in [3.05, 3.63) is 30.1 Å². The van der Waals surface area contributed by atoms with Gasteiger partial charge in [0.15, 0.2) is 0 Å². The van der Waals surface area contributed by atoms with E-state index < -0.39 is 11.4 Å². The molecule has 1 amide bonds. The quantitative estimate of drug-likeness (QED) is 0.798. The third-order valence-electron chi connectivity index (χ3n) is 4.15. The predicted molar refractivity (Wildman–Crippen MR) is 80.8 cm³/mol. The summed E-state index contributed by atoms with van der Waals surface area (Å²) in [5.41, 5.74) is -0.0243. The molecule has 0 atom stereocenters. The molecule has 116 valence electrons. The average Bonchev–Trinajstić information content (AvgIpc) is 2.50. The van der Waals surface area contributed by atoms with Crippen LogP contribution in [0.1, 0.15) is 38.8 Å². The minimum atomic E-state index is -0.948. The van der Waals surface area contributed by atoms with Crippen molar-refractivity contribution in [1.29, 1.82) is 0 Å². The molecule has 0 aromatic carbocycles. The second kappa shape index (κ2) is 7.76. The Morgan fingerprint density at radius 1 is 1.29 bits per heavy atom. The fourth-order valence-electron chi connectivity index (χ4n) is 2.26. The number of aromatic nitrogens is 1. The summed E-state index contributed by atoms with van der Waals surface area (Å²) in [5, 5.41) is 9.38. The van der Waals surface area contributed by atoms with Gasteiger partial charge in [0.25, 0.3) is 0 Å². The SMILES string of the molecule is CCC(CC)(CC(=O)N(C)CCc1ccccn1)C(=O)O. The third kappa shape index (κ3) is 4.55. The average molecular weight is 292 g/mol. The summed E-state index contributed by atoms with van der Waals surface area (Å²) in [7, 11) is 1.71. The summed E-state index contributed by atoms with van der Waals surface area (Å²) in [6.45, 7) is 4.18. The highest BCUT2D eigenvalue weighted by Gasteiger charge is 2.37. The monoisotopic (exact) mass is 292 g/mol. The first kappa shape index (κ1) is 17.1. The largest absolute Gasteiger partial charge is 0.481 e. The van der Waals surface area contributed by atoms with Gasteiger partial charge in [-0.2, -0.15) is 0 Å². The summed E-state index contributed by atoms with van der Waals surface area (Å²) in [6, 6.07) is 5.67. The van der Waals surface area contributed by atoms with E-state index >= 15 is 0 Å². The number of likely N-dealkylation sites (N-methyl/N-ethyl adjacent to an activating group) is 1. The zero-order valence-corrected chi connectivity index (χ0v) is 13.0. The number of carbonyl (C=O) groups is 2. The van der Waals surface area contributed by atoms with Crippen molar-refractivity contribution >= 4 is 11.9 Å². The van der Waals surface area contributed by atoms with E-state index in [4.69, 9.17) is 0 Å². The lowest BCUT2D eigenvalue weighted by Gasteiger charge is -2.28. The standard InChI is InChI=1S/C16H24N2O3/c1-4-16(5-2,15(20)21)12-14(19)18(3)11-9-13-8-6-7-10-17-13/h6-8,10H,4-5,9,11-12H2,1-3H3,(H,20,21). The Morgan fingerprint density at radius 2 is 1.95 bits per heavy atom. The van der Waals surface area contributed by atoms with E-state index in [1.807, 2.05) is 32.0 Å². The molecule has 21 heavy (non-hydrogen) atoms. The van der Waals surface area contributed by atoms with Gasteiger partial charge in [-0.25, -0.2) is 0 Å². The van der Waals surface area contributed by atoms with Crippen LogP contribution in [-0.2, 0) is 16.0 Å². The Balaban J connectivity index is 2.59. The number of carboxylic acids is 1. The van der Waals surface area contributed by atoms with Crippen LogP contribution >= 0.6 is 0 Å². The molecule has 0 bridgehead atoms. The molecule has 0 aliphatic heterocycles. The van der Waals surface area contributed by atoms with Crippen molar-refractivity contribution in [2.75, 3.05) is 13.6 Å². The van der Waals surface area contributed by atoms with E-state index in [0.29, 0.717) is 25.8 Å². The predicted octanol–water partition coefficient (Wildman–Crippen LogP) is 2.36. The number of rotatable bonds is 8. The molecule has 0 radical (unpaired) electrons. The summed E-state index contributed by atoms with van der Waals surface area (Å²) in [5.74, 6) is -1.02. The summed E-state index contributed by atoms with van der Waals surface area (Å²) < 4.78 is 0. The molecular formula is C16H24N2O3. The van der Waals surface area contributed by atoms with Crippen LogP contribution in [0.3, 0.4) is 0 Å². The van der Waals surface area contributed by atoms with Crippen molar-refractivity contribution in [2.45, 2.75) is 39.5 Å². The fourth-order valence-corrected chi connectivity index (χ4v) is 2.26. The van der Waals surface area contributed by atoms with Gasteiger partial charge in [-0.15, -0.1) is 0 Å². The molecule has 0 spiro atoms. The van der Waals surface area contributed by atoms with Crippen LogP contribution in [0.25, 0.3) is 0 Å². The molecular weight excluding hydrogens is 268 g/mol. The summed E-state index contributed by atoms with van der Waals surface area (Å²) >= 11 is 0. The lowest BCUT2D eigenvalue weighted by atomic mass is 9.79. The molecule has 5 heteroatoms. The van der Waals surface area contributed by atoms with E-state index in [-0.39, 0.29) is 12.3 Å². The Morgan fingerprint density at radius 3 is 2.43 bits per heavy atom. The summed E-state index contributed by atoms with van der Waals surface area (Å²) in [4.78, 5) is 29.5. The molecule has 0 saturated heterocycles. The van der Waals surface area contributed by atoms with Crippen molar-refractivity contribution < 1.29 is 14.7 Å². The van der Waals surface area contributed by atoms with E-state index in [2.05, 4.69) is 4.98 Å². The first-order chi connectivity index (χ1) is 9.95. The first-order valence-corrected chi connectivity index (χ1v) is 7.32. The van der Waals surface area contributed by atoms with Crippen LogP contribution in [0.5, 0.6) is 0 Å². The number of hydrogen-bond donors (Lipinski definition) is 1. The van der Waals surface area contributed by atoms with E-state index in [0.717, 1.165) is 5.69 Å². The van der Waals surface area contributed by atoms with Gasteiger partial charge >= 0.3 is 5.97 Å². The van der Waals surface area contributed by atoms with Crippen LogP contribution in [0.4, 0.5) is 0 Å². The van der Waals surface area contributed by atoms with Crippen molar-refractivity contribution in [3.63, 3.8) is 0 Å². The van der Waals surface area contributed by atoms with Crippen LogP contribution in [0, 0.1) is 5.41 Å². The Kier molecular flexibility index (Phi) is 6.34. The maximum absolute atomic E-state index is 12.2. The smallest absolute Gasteiger partial charge is 0.310 e. The lowest BCUT2D eigenvalue weighted by Crippen LogP contribution is -2.38. The Hall–Kier alpha value is -1.91. The van der Waals surface area contributed by atoms with E-state index in [1.54, 1.807) is 18.1 Å². The lowest BCUT2D eigenvalue weighted by molar-refractivity contribution is -0.154. The van der Waals surface area contributed by atoms with Crippen LogP contribution in [0.15, 0.2) is 24.4 Å². The molecule has 1 rings (SSSR count). The summed E-state index contributed by atoms with van der Waals surface area (Å²) in [6.07, 6.45) is 3.35. The van der Waals surface area contributed by atoms with E-state index in [1.165, 1.54) is 0 Å². The number of carboxylic acid groups (broad SMARTS) is 1. The maximum Gasteiger partial charge on any atom is 0.310 e. The second-order valence-corrected chi connectivity index (χ2v) is 5.36. The van der Waals surface area contributed by atoms with Crippen LogP contribution in [-0.4, -0.2) is 40.5 Å². The maximum atomic E-state index is 12.2. The normalized spacial score (nSPS) is 11.2. The molecule has 0 fully saturated rings. The van der Waals surface area contributed by atoms with Gasteiger partial charge < -0.3 is 10.0 Å². The van der Waals surface area contributed by atoms with Crippen molar-refractivity contribution in [2.24, 2.45) is 5.41 Å². The highest BCUT2D eigenvalue weighted by Crippen LogP contribution is 2.31. The molecule has 1 heterocycles. The fraction of sp³-hybridized carbons (Fsp3) is 0.562. The molecule has 5 nitrogen and oxygen atoms in total. The molecule has 0 saturated carbocycles. The highest BCUT2D eigenvalue weighted by molar-refractivity contribution is 5.84. The number of hydrogen-bond acceptors (Lipinski definition) is 3. The van der Waals surface area contributed by atoms with Crippen LogP contribution < -0.4 is 0 Å². The van der Waals surface area contributed by atoms with Gasteiger partial charge in [0, 0.05) is 38.3 Å². The molecule has 1 N–H and O–H groups in total. The second-order valence-electron chi connectivity index (χ2n) is 5.36. The Bertz CT molecular complexity index is 470. The molecule has 1 aromatic rings. The number of nitrogens with zero attached hydrogens (tertiary/aromatic N) is 2. The molecule has 1 aromatic heterocycles. The van der Waals surface area contributed by atoms with Gasteiger partial charge in [-0.1, -0.05) is 19.9 Å². The van der Waals surface area contributed by atoms with Gasteiger partial charge in [0.1, 0.15) is 0 Å². The van der Waals surface area contributed by atoms with Gasteiger partial charge in [-0.05, 0) is 25.0 Å².